The second-order valence-corrected chi connectivity index (χ2v) is 6.76. The molecular formula is C16H21Cl2NO3S. The second kappa shape index (κ2) is 10.8. The molecule has 7 heteroatoms. The average Bonchev–Trinajstić information content (AvgIpc) is 2.53. The number of thioether (sulfide) groups is 1. The molecule has 1 aromatic rings. The van der Waals surface area contributed by atoms with Crippen molar-refractivity contribution in [2.75, 3.05) is 18.6 Å². The van der Waals surface area contributed by atoms with E-state index < -0.39 is 12.0 Å². The van der Waals surface area contributed by atoms with E-state index in [0.29, 0.717) is 28.6 Å². The summed E-state index contributed by atoms with van der Waals surface area (Å²) in [5.41, 5.74) is 0.356. The zero-order valence-electron chi connectivity index (χ0n) is 13.2. The molecule has 23 heavy (non-hydrogen) atoms. The molecule has 1 rings (SSSR count). The summed E-state index contributed by atoms with van der Waals surface area (Å²) in [6.07, 6.45) is 4.21. The lowest BCUT2D eigenvalue weighted by Gasteiger charge is -2.17. The molecule has 0 radical (unpaired) electrons. The van der Waals surface area contributed by atoms with Crippen molar-refractivity contribution in [3.8, 4) is 0 Å². The van der Waals surface area contributed by atoms with Crippen molar-refractivity contribution >= 4 is 46.8 Å². The fourth-order valence-corrected chi connectivity index (χ4v) is 2.55. The van der Waals surface area contributed by atoms with E-state index in [9.17, 15) is 9.59 Å². The van der Waals surface area contributed by atoms with Gasteiger partial charge < -0.3 is 10.1 Å². The van der Waals surface area contributed by atoms with Gasteiger partial charge in [-0.1, -0.05) is 36.5 Å². The SMILES string of the molecule is CCCCOC(=O)C(CCSC)NC(=O)c1ccc(Cl)c(Cl)c1. The summed E-state index contributed by atoms with van der Waals surface area (Å²) < 4.78 is 5.21. The van der Waals surface area contributed by atoms with Crippen LogP contribution in [-0.4, -0.2) is 36.5 Å². The molecule has 1 aromatic carbocycles. The molecule has 0 aliphatic rings. The number of hydrogen-bond donors (Lipinski definition) is 1. The van der Waals surface area contributed by atoms with Crippen molar-refractivity contribution in [3.63, 3.8) is 0 Å². The smallest absolute Gasteiger partial charge is 0.328 e. The zero-order chi connectivity index (χ0) is 17.2. The van der Waals surface area contributed by atoms with E-state index in [1.54, 1.807) is 23.9 Å². The highest BCUT2D eigenvalue weighted by Crippen LogP contribution is 2.22. The Morgan fingerprint density at radius 2 is 2.04 bits per heavy atom. The molecule has 0 saturated heterocycles. The molecule has 0 aliphatic carbocycles. The first-order chi connectivity index (χ1) is 11.0. The van der Waals surface area contributed by atoms with Gasteiger partial charge in [-0.05, 0) is 43.0 Å². The van der Waals surface area contributed by atoms with Crippen molar-refractivity contribution < 1.29 is 14.3 Å². The van der Waals surface area contributed by atoms with Crippen molar-refractivity contribution in [1.82, 2.24) is 5.32 Å². The van der Waals surface area contributed by atoms with Crippen molar-refractivity contribution in [2.24, 2.45) is 0 Å². The molecule has 128 valence electrons. The Morgan fingerprint density at radius 1 is 1.30 bits per heavy atom. The van der Waals surface area contributed by atoms with Gasteiger partial charge in [0.15, 0.2) is 0 Å². The molecule has 4 nitrogen and oxygen atoms in total. The van der Waals surface area contributed by atoms with Crippen molar-refractivity contribution in [3.05, 3.63) is 33.8 Å². The monoisotopic (exact) mass is 377 g/mol. The number of unbranched alkanes of at least 4 members (excludes halogenated alkanes) is 1. The van der Waals surface area contributed by atoms with Crippen LogP contribution in [0.15, 0.2) is 18.2 Å². The Morgan fingerprint density at radius 3 is 2.65 bits per heavy atom. The molecule has 1 N–H and O–H groups in total. The number of benzene rings is 1. The number of carbonyl (C=O) groups excluding carboxylic acids is 2. The molecule has 0 heterocycles. The number of amides is 1. The second-order valence-electron chi connectivity index (χ2n) is 4.96. The highest BCUT2D eigenvalue weighted by Gasteiger charge is 2.22. The Hall–Kier alpha value is -0.910. The number of rotatable bonds is 9. The van der Waals surface area contributed by atoms with E-state index >= 15 is 0 Å². The Kier molecular flexibility index (Phi) is 9.44. The normalized spacial score (nSPS) is 11.8. The minimum atomic E-state index is -0.666. The third-order valence-electron chi connectivity index (χ3n) is 3.12. The standard InChI is InChI=1S/C16H21Cl2NO3S/c1-3-4-8-22-16(21)14(7-9-23-2)19-15(20)11-5-6-12(17)13(18)10-11/h5-6,10,14H,3-4,7-9H2,1-2H3,(H,19,20). The Labute approximate surface area is 151 Å². The van der Waals surface area contributed by atoms with Gasteiger partial charge >= 0.3 is 5.97 Å². The Bertz CT molecular complexity index is 540. The van der Waals surface area contributed by atoms with Crippen LogP contribution in [0.25, 0.3) is 0 Å². The van der Waals surface area contributed by atoms with Crippen LogP contribution in [-0.2, 0) is 9.53 Å². The zero-order valence-corrected chi connectivity index (χ0v) is 15.6. The van der Waals surface area contributed by atoms with Gasteiger partial charge in [0.25, 0.3) is 5.91 Å². The van der Waals surface area contributed by atoms with Gasteiger partial charge in [-0.25, -0.2) is 4.79 Å². The lowest BCUT2D eigenvalue weighted by molar-refractivity contribution is -0.146. The van der Waals surface area contributed by atoms with Crippen LogP contribution in [0.1, 0.15) is 36.5 Å². The lowest BCUT2D eigenvalue weighted by Crippen LogP contribution is -2.42. The molecule has 1 atom stereocenters. The number of carbonyl (C=O) groups is 2. The minimum absolute atomic E-state index is 0.297. The minimum Gasteiger partial charge on any atom is -0.464 e. The lowest BCUT2D eigenvalue weighted by atomic mass is 10.1. The predicted octanol–water partition coefficient (Wildman–Crippen LogP) is 4.19. The summed E-state index contributed by atoms with van der Waals surface area (Å²) >= 11 is 13.4. The van der Waals surface area contributed by atoms with Gasteiger partial charge in [0, 0.05) is 5.56 Å². The van der Waals surface area contributed by atoms with Crippen molar-refractivity contribution in [1.29, 1.82) is 0 Å². The number of halogens is 2. The van der Waals surface area contributed by atoms with Gasteiger partial charge in [0.05, 0.1) is 16.7 Å². The van der Waals surface area contributed by atoms with Gasteiger partial charge in [-0.2, -0.15) is 11.8 Å². The largest absolute Gasteiger partial charge is 0.464 e. The maximum absolute atomic E-state index is 12.3. The highest BCUT2D eigenvalue weighted by molar-refractivity contribution is 7.98. The van der Waals surface area contributed by atoms with Crippen LogP contribution < -0.4 is 5.32 Å². The first kappa shape index (κ1) is 20.1. The number of ether oxygens (including phenoxy) is 1. The quantitative estimate of drug-likeness (QED) is 0.517. The van der Waals surface area contributed by atoms with Crippen LogP contribution in [0.2, 0.25) is 10.0 Å². The highest BCUT2D eigenvalue weighted by atomic mass is 35.5. The van der Waals surface area contributed by atoms with Crippen LogP contribution in [0.3, 0.4) is 0 Å². The number of nitrogens with one attached hydrogen (secondary N) is 1. The molecule has 1 unspecified atom stereocenters. The number of hydrogen-bond acceptors (Lipinski definition) is 4. The Balaban J connectivity index is 2.72. The summed E-state index contributed by atoms with van der Waals surface area (Å²) in [6, 6.07) is 3.93. The van der Waals surface area contributed by atoms with Gasteiger partial charge in [-0.3, -0.25) is 4.79 Å². The third-order valence-corrected chi connectivity index (χ3v) is 4.51. The van der Waals surface area contributed by atoms with Gasteiger partial charge in [-0.15, -0.1) is 0 Å². The van der Waals surface area contributed by atoms with Gasteiger partial charge in [0.1, 0.15) is 6.04 Å². The third kappa shape index (κ3) is 7.02. The molecular weight excluding hydrogens is 357 g/mol. The van der Waals surface area contributed by atoms with Gasteiger partial charge in [0.2, 0.25) is 0 Å². The maximum atomic E-state index is 12.3. The average molecular weight is 378 g/mol. The van der Waals surface area contributed by atoms with Crippen LogP contribution in [0, 0.1) is 0 Å². The van der Waals surface area contributed by atoms with E-state index in [1.165, 1.54) is 6.07 Å². The van der Waals surface area contributed by atoms with E-state index in [0.717, 1.165) is 18.6 Å². The fourth-order valence-electron chi connectivity index (χ4n) is 1.78. The van der Waals surface area contributed by atoms with Crippen molar-refractivity contribution in [2.45, 2.75) is 32.2 Å². The topological polar surface area (TPSA) is 55.4 Å². The summed E-state index contributed by atoms with van der Waals surface area (Å²) in [5.74, 6) is -0.0297. The predicted molar refractivity (Wildman–Crippen MR) is 96.6 cm³/mol. The van der Waals surface area contributed by atoms with Crippen LogP contribution >= 0.6 is 35.0 Å². The van der Waals surface area contributed by atoms with E-state index in [-0.39, 0.29) is 5.91 Å². The maximum Gasteiger partial charge on any atom is 0.328 e. The summed E-state index contributed by atoms with van der Waals surface area (Å²) in [6.45, 7) is 2.39. The summed E-state index contributed by atoms with van der Waals surface area (Å²) in [4.78, 5) is 24.4. The van der Waals surface area contributed by atoms with E-state index in [1.807, 2.05) is 13.2 Å². The molecule has 1 amide bonds. The molecule has 0 fully saturated rings. The summed E-state index contributed by atoms with van der Waals surface area (Å²) in [5, 5.41) is 3.39. The van der Waals surface area contributed by atoms with Crippen LogP contribution in [0.4, 0.5) is 0 Å². The summed E-state index contributed by atoms with van der Waals surface area (Å²) in [7, 11) is 0. The molecule has 0 aliphatic heterocycles. The number of esters is 1. The molecule has 0 spiro atoms. The molecule has 0 saturated carbocycles. The van der Waals surface area contributed by atoms with E-state index in [2.05, 4.69) is 5.32 Å². The fraction of sp³-hybridized carbons (Fsp3) is 0.500. The first-order valence-electron chi connectivity index (χ1n) is 7.41. The first-order valence-corrected chi connectivity index (χ1v) is 9.56. The molecule has 0 bridgehead atoms. The van der Waals surface area contributed by atoms with Crippen LogP contribution in [0.5, 0.6) is 0 Å². The van der Waals surface area contributed by atoms with E-state index in [4.69, 9.17) is 27.9 Å². The molecule has 0 aromatic heterocycles.